The number of hydrogen-bond donors (Lipinski definition) is 4. The van der Waals surface area contributed by atoms with Crippen molar-refractivity contribution in [1.29, 1.82) is 0 Å². The average Bonchev–Trinajstić information content (AvgIpc) is 3.01. The molecule has 0 saturated carbocycles. The lowest BCUT2D eigenvalue weighted by molar-refractivity contribution is -0.116. The molecule has 4 N–H and O–H groups in total. The van der Waals surface area contributed by atoms with Crippen molar-refractivity contribution < 1.29 is 19.2 Å². The number of hydrogen-bond acceptors (Lipinski definition) is 5. The first-order valence-electron chi connectivity index (χ1n) is 13.8. The number of carbonyl (C=O) groups is 4. The fraction of sp³-hybridized carbons (Fsp3) is 0.118. The van der Waals surface area contributed by atoms with Gasteiger partial charge >= 0.3 is 0 Å². The van der Waals surface area contributed by atoms with E-state index < -0.39 is 17.1 Å². The molecule has 44 heavy (non-hydrogen) atoms. The second-order valence-electron chi connectivity index (χ2n) is 9.64. The fourth-order valence-corrected chi connectivity index (χ4v) is 5.29. The van der Waals surface area contributed by atoms with Gasteiger partial charge in [-0.1, -0.05) is 61.0 Å². The highest BCUT2D eigenvalue weighted by Gasteiger charge is 2.20. The molecule has 4 aromatic carbocycles. The van der Waals surface area contributed by atoms with Gasteiger partial charge in [-0.3, -0.25) is 19.2 Å². The van der Waals surface area contributed by atoms with Crippen LogP contribution in [-0.4, -0.2) is 28.9 Å². The van der Waals surface area contributed by atoms with Gasteiger partial charge in [0.05, 0.1) is 5.25 Å². The summed E-state index contributed by atoms with van der Waals surface area (Å²) in [4.78, 5) is 51.4. The quantitative estimate of drug-likeness (QED) is 0.104. The molecule has 0 spiro atoms. The number of carbonyl (C=O) groups excluding carboxylic acids is 4. The van der Waals surface area contributed by atoms with E-state index in [-0.39, 0.29) is 17.5 Å². The van der Waals surface area contributed by atoms with Crippen LogP contribution in [0.15, 0.2) is 114 Å². The van der Waals surface area contributed by atoms with Crippen molar-refractivity contribution in [2.45, 2.75) is 30.4 Å². The van der Waals surface area contributed by atoms with Gasteiger partial charge in [-0.05, 0) is 78.7 Å². The standard InChI is InChI=1S/C34H31ClN4O4S/c1-3-31(34(43)37-26-18-16-25(17-19-26)36-22(2)40)44-28-14-9-13-27(21-28)38-33(42)30(20-24-12-7-8-15-29(24)35)39-32(41)23-10-5-4-6-11-23/h4-21,31H,3H2,1-2H3,(H,36,40)(H,37,43)(H,38,42)(H,39,41)/b30-20+. The zero-order valence-corrected chi connectivity index (χ0v) is 25.7. The Labute approximate surface area is 265 Å². The lowest BCUT2D eigenvalue weighted by Crippen LogP contribution is -2.30. The number of amides is 4. The highest BCUT2D eigenvalue weighted by Crippen LogP contribution is 2.29. The number of halogens is 1. The van der Waals surface area contributed by atoms with E-state index in [1.165, 1.54) is 24.8 Å². The van der Waals surface area contributed by atoms with Gasteiger partial charge in [-0.25, -0.2) is 0 Å². The summed E-state index contributed by atoms with van der Waals surface area (Å²) in [5.74, 6) is -1.33. The first-order chi connectivity index (χ1) is 21.2. The van der Waals surface area contributed by atoms with Crippen LogP contribution in [0.25, 0.3) is 6.08 Å². The van der Waals surface area contributed by atoms with E-state index in [0.29, 0.717) is 39.6 Å². The summed E-state index contributed by atoms with van der Waals surface area (Å²) < 4.78 is 0. The molecule has 1 atom stereocenters. The molecule has 4 aromatic rings. The van der Waals surface area contributed by atoms with E-state index in [0.717, 1.165) is 4.90 Å². The fourth-order valence-electron chi connectivity index (χ4n) is 4.09. The topological polar surface area (TPSA) is 116 Å². The lowest BCUT2D eigenvalue weighted by atomic mass is 10.1. The van der Waals surface area contributed by atoms with Crippen molar-refractivity contribution in [3.05, 3.63) is 125 Å². The maximum atomic E-state index is 13.4. The number of benzene rings is 4. The van der Waals surface area contributed by atoms with E-state index in [1.807, 2.05) is 13.0 Å². The van der Waals surface area contributed by atoms with Crippen LogP contribution >= 0.6 is 23.4 Å². The average molecular weight is 627 g/mol. The SMILES string of the molecule is CCC(Sc1cccc(NC(=O)/C(=C\c2ccccc2Cl)NC(=O)c2ccccc2)c1)C(=O)Nc1ccc(NC(C)=O)cc1. The van der Waals surface area contributed by atoms with Crippen LogP contribution in [0.2, 0.25) is 5.02 Å². The Morgan fingerprint density at radius 1 is 0.773 bits per heavy atom. The van der Waals surface area contributed by atoms with Crippen LogP contribution in [0, 0.1) is 0 Å². The Balaban J connectivity index is 1.47. The summed E-state index contributed by atoms with van der Waals surface area (Å²) in [6, 6.07) is 29.6. The van der Waals surface area contributed by atoms with Crippen molar-refractivity contribution in [2.24, 2.45) is 0 Å². The maximum absolute atomic E-state index is 13.4. The number of anilines is 3. The molecule has 4 rings (SSSR count). The summed E-state index contributed by atoms with van der Waals surface area (Å²) >= 11 is 7.70. The van der Waals surface area contributed by atoms with E-state index in [4.69, 9.17) is 11.6 Å². The number of rotatable bonds is 11. The summed E-state index contributed by atoms with van der Waals surface area (Å²) in [7, 11) is 0. The van der Waals surface area contributed by atoms with E-state index in [9.17, 15) is 19.2 Å². The Morgan fingerprint density at radius 3 is 2.09 bits per heavy atom. The van der Waals surface area contributed by atoms with E-state index in [2.05, 4.69) is 21.3 Å². The molecule has 4 amide bonds. The first-order valence-corrected chi connectivity index (χ1v) is 15.1. The second kappa shape index (κ2) is 15.6. The van der Waals surface area contributed by atoms with Gasteiger partial charge in [0, 0.05) is 39.5 Å². The van der Waals surface area contributed by atoms with Gasteiger partial charge in [-0.2, -0.15) is 0 Å². The molecule has 10 heteroatoms. The molecule has 1 unspecified atom stereocenters. The Bertz CT molecular complexity index is 1680. The zero-order chi connectivity index (χ0) is 31.5. The second-order valence-corrected chi connectivity index (χ2v) is 11.3. The van der Waals surface area contributed by atoms with Gasteiger partial charge in [-0.15, -0.1) is 11.8 Å². The lowest BCUT2D eigenvalue weighted by Gasteiger charge is -2.16. The van der Waals surface area contributed by atoms with Crippen molar-refractivity contribution in [1.82, 2.24) is 5.32 Å². The van der Waals surface area contributed by atoms with Crippen LogP contribution in [0.1, 0.15) is 36.2 Å². The highest BCUT2D eigenvalue weighted by atomic mass is 35.5. The minimum Gasteiger partial charge on any atom is -0.326 e. The highest BCUT2D eigenvalue weighted by molar-refractivity contribution is 8.00. The van der Waals surface area contributed by atoms with Crippen LogP contribution < -0.4 is 21.3 Å². The molecule has 0 radical (unpaired) electrons. The third-order valence-electron chi connectivity index (χ3n) is 6.24. The first kappa shape index (κ1) is 32.1. The Kier molecular flexibility index (Phi) is 11.3. The number of nitrogens with one attached hydrogen (secondary N) is 4. The Morgan fingerprint density at radius 2 is 1.43 bits per heavy atom. The van der Waals surface area contributed by atoms with E-state index >= 15 is 0 Å². The van der Waals surface area contributed by atoms with E-state index in [1.54, 1.807) is 97.1 Å². The predicted octanol–water partition coefficient (Wildman–Crippen LogP) is 7.22. The molecule has 0 heterocycles. The van der Waals surface area contributed by atoms with Crippen LogP contribution in [0.3, 0.4) is 0 Å². The van der Waals surface area contributed by atoms with Crippen molar-refractivity contribution in [3.63, 3.8) is 0 Å². The number of thioether (sulfide) groups is 1. The van der Waals surface area contributed by atoms with Gasteiger partial charge in [0.2, 0.25) is 11.8 Å². The predicted molar refractivity (Wildman–Crippen MR) is 178 cm³/mol. The normalized spacial score (nSPS) is 11.7. The maximum Gasteiger partial charge on any atom is 0.272 e. The molecule has 8 nitrogen and oxygen atoms in total. The summed E-state index contributed by atoms with van der Waals surface area (Å²) in [6.07, 6.45) is 2.09. The zero-order valence-electron chi connectivity index (χ0n) is 24.1. The third-order valence-corrected chi connectivity index (χ3v) is 7.94. The van der Waals surface area contributed by atoms with Crippen LogP contribution in [0.4, 0.5) is 17.1 Å². The molecule has 224 valence electrons. The minimum absolute atomic E-state index is 0.0142. The van der Waals surface area contributed by atoms with Crippen molar-refractivity contribution >= 4 is 70.1 Å². The minimum atomic E-state index is -0.538. The van der Waals surface area contributed by atoms with Crippen LogP contribution in [0.5, 0.6) is 0 Å². The third kappa shape index (κ3) is 9.32. The summed E-state index contributed by atoms with van der Waals surface area (Å²) in [5, 5.41) is 11.2. The van der Waals surface area contributed by atoms with Crippen molar-refractivity contribution in [2.75, 3.05) is 16.0 Å². The smallest absolute Gasteiger partial charge is 0.272 e. The molecule has 0 bridgehead atoms. The molecular weight excluding hydrogens is 596 g/mol. The Hall–Kier alpha value is -4.86. The van der Waals surface area contributed by atoms with Crippen molar-refractivity contribution in [3.8, 4) is 0 Å². The van der Waals surface area contributed by atoms with Gasteiger partial charge in [0.1, 0.15) is 5.70 Å². The molecule has 0 aliphatic rings. The van der Waals surface area contributed by atoms with Gasteiger partial charge < -0.3 is 21.3 Å². The molecule has 0 fully saturated rings. The van der Waals surface area contributed by atoms with Gasteiger partial charge in [0.15, 0.2) is 0 Å². The van der Waals surface area contributed by atoms with Gasteiger partial charge in [0.25, 0.3) is 11.8 Å². The van der Waals surface area contributed by atoms with Crippen LogP contribution in [-0.2, 0) is 14.4 Å². The molecular formula is C34H31ClN4O4S. The largest absolute Gasteiger partial charge is 0.326 e. The summed E-state index contributed by atoms with van der Waals surface area (Å²) in [5.41, 5.74) is 2.72. The monoisotopic (exact) mass is 626 g/mol. The molecule has 0 saturated heterocycles. The molecule has 0 aromatic heterocycles. The molecule has 0 aliphatic heterocycles. The molecule has 0 aliphatic carbocycles. The summed E-state index contributed by atoms with van der Waals surface area (Å²) in [6.45, 7) is 3.35.